The second-order valence-corrected chi connectivity index (χ2v) is 3.74. The van der Waals surface area contributed by atoms with Gasteiger partial charge in [-0.3, -0.25) is 0 Å². The molecule has 0 unspecified atom stereocenters. The third-order valence-electron chi connectivity index (χ3n) is 2.33. The van der Waals surface area contributed by atoms with Crippen molar-refractivity contribution in [2.24, 2.45) is 12.8 Å². The third kappa shape index (κ3) is 1.49. The van der Waals surface area contributed by atoms with Gasteiger partial charge in [0.15, 0.2) is 0 Å². The molecule has 2 heterocycles. The van der Waals surface area contributed by atoms with E-state index in [1.165, 1.54) is 5.69 Å². The van der Waals surface area contributed by atoms with Crippen molar-refractivity contribution < 1.29 is 0 Å². The summed E-state index contributed by atoms with van der Waals surface area (Å²) in [6, 6.07) is 4.00. The van der Waals surface area contributed by atoms with Crippen LogP contribution in [-0.4, -0.2) is 16.1 Å². The lowest BCUT2D eigenvalue weighted by molar-refractivity contribution is 0.820. The van der Waals surface area contributed by atoms with Gasteiger partial charge in [-0.05, 0) is 25.1 Å². The average Bonchev–Trinajstić information content (AvgIpc) is 2.44. The maximum absolute atomic E-state index is 5.86. The number of halogens is 1. The molecule has 0 atom stereocenters. The van der Waals surface area contributed by atoms with Gasteiger partial charge in [-0.1, -0.05) is 11.6 Å². The Morgan fingerprint density at radius 3 is 3.00 bits per heavy atom. The van der Waals surface area contributed by atoms with Crippen molar-refractivity contribution in [3.8, 4) is 0 Å². The lowest BCUT2D eigenvalue weighted by Crippen LogP contribution is -2.06. The molecule has 0 saturated carbocycles. The molecule has 0 fully saturated rings. The molecule has 14 heavy (non-hydrogen) atoms. The molecule has 3 nitrogen and oxygen atoms in total. The predicted molar refractivity (Wildman–Crippen MR) is 58.5 cm³/mol. The molecule has 0 aromatic carbocycles. The minimum Gasteiger partial charge on any atom is -0.333 e. The lowest BCUT2D eigenvalue weighted by atomic mass is 10.3. The van der Waals surface area contributed by atoms with E-state index in [0.29, 0.717) is 11.6 Å². The molecule has 2 rings (SSSR count). The first-order valence-electron chi connectivity index (χ1n) is 4.52. The molecule has 0 amide bonds. The molecular weight excluding hydrogens is 198 g/mol. The van der Waals surface area contributed by atoms with E-state index >= 15 is 0 Å². The molecule has 0 saturated heterocycles. The SMILES string of the molecule is Cn1c(CCN)cc2cc(Cl)cnc21. The van der Waals surface area contributed by atoms with Crippen molar-refractivity contribution >= 4 is 22.6 Å². The molecule has 0 spiro atoms. The maximum atomic E-state index is 5.86. The third-order valence-corrected chi connectivity index (χ3v) is 2.54. The summed E-state index contributed by atoms with van der Waals surface area (Å²) in [4.78, 5) is 4.27. The zero-order valence-electron chi connectivity index (χ0n) is 8.00. The maximum Gasteiger partial charge on any atom is 0.139 e. The van der Waals surface area contributed by atoms with Gasteiger partial charge in [0.05, 0.1) is 5.02 Å². The molecule has 0 bridgehead atoms. The minimum atomic E-state index is 0.651. The Bertz CT molecular complexity index is 462. The normalized spacial score (nSPS) is 11.1. The van der Waals surface area contributed by atoms with Crippen molar-refractivity contribution in [2.45, 2.75) is 6.42 Å². The minimum absolute atomic E-state index is 0.651. The van der Waals surface area contributed by atoms with Crippen LogP contribution in [0.25, 0.3) is 11.0 Å². The standard InChI is InChI=1S/C10H12ClN3/c1-14-9(2-3-12)5-7-4-8(11)6-13-10(7)14/h4-6H,2-3,12H2,1H3. The number of hydrogen-bond acceptors (Lipinski definition) is 2. The Hall–Kier alpha value is -1.06. The van der Waals surface area contributed by atoms with Crippen LogP contribution in [0.1, 0.15) is 5.69 Å². The average molecular weight is 210 g/mol. The largest absolute Gasteiger partial charge is 0.333 e. The van der Waals surface area contributed by atoms with Crippen molar-refractivity contribution in [3.05, 3.63) is 29.0 Å². The van der Waals surface area contributed by atoms with E-state index in [-0.39, 0.29) is 0 Å². The number of nitrogens with two attached hydrogens (primary N) is 1. The quantitative estimate of drug-likeness (QED) is 0.819. The first-order valence-corrected chi connectivity index (χ1v) is 4.90. The molecule has 2 aromatic rings. The van der Waals surface area contributed by atoms with Crippen molar-refractivity contribution in [2.75, 3.05) is 6.54 Å². The van der Waals surface area contributed by atoms with Crippen LogP contribution in [0.5, 0.6) is 0 Å². The number of rotatable bonds is 2. The van der Waals surface area contributed by atoms with E-state index in [0.717, 1.165) is 17.5 Å². The van der Waals surface area contributed by atoms with Gasteiger partial charge in [0.25, 0.3) is 0 Å². The molecule has 0 aliphatic heterocycles. The Balaban J connectivity index is 2.61. The van der Waals surface area contributed by atoms with Gasteiger partial charge < -0.3 is 10.3 Å². The van der Waals surface area contributed by atoms with Gasteiger partial charge in [0, 0.05) is 24.3 Å². The van der Waals surface area contributed by atoms with E-state index < -0.39 is 0 Å². The van der Waals surface area contributed by atoms with Crippen molar-refractivity contribution in [1.29, 1.82) is 0 Å². The highest BCUT2D eigenvalue weighted by Crippen LogP contribution is 2.20. The van der Waals surface area contributed by atoms with Gasteiger partial charge >= 0.3 is 0 Å². The Morgan fingerprint density at radius 2 is 2.29 bits per heavy atom. The highest BCUT2D eigenvalue weighted by atomic mass is 35.5. The summed E-state index contributed by atoms with van der Waals surface area (Å²) in [5.74, 6) is 0. The molecule has 2 N–H and O–H groups in total. The van der Waals surface area contributed by atoms with Gasteiger partial charge in [0.1, 0.15) is 5.65 Å². The molecule has 0 radical (unpaired) electrons. The van der Waals surface area contributed by atoms with Crippen LogP contribution in [0.2, 0.25) is 5.02 Å². The monoisotopic (exact) mass is 209 g/mol. The van der Waals surface area contributed by atoms with Crippen molar-refractivity contribution in [1.82, 2.24) is 9.55 Å². The number of nitrogens with zero attached hydrogens (tertiary/aromatic N) is 2. The highest BCUT2D eigenvalue weighted by Gasteiger charge is 2.05. The van der Waals surface area contributed by atoms with Gasteiger partial charge in [-0.2, -0.15) is 0 Å². The summed E-state index contributed by atoms with van der Waals surface area (Å²) in [5, 5.41) is 1.74. The van der Waals surface area contributed by atoms with Crippen LogP contribution in [-0.2, 0) is 13.5 Å². The molecule has 2 aromatic heterocycles. The number of fused-ring (bicyclic) bond motifs is 1. The number of aromatic nitrogens is 2. The van der Waals surface area contributed by atoms with E-state index in [4.69, 9.17) is 17.3 Å². The van der Waals surface area contributed by atoms with Crippen LogP contribution in [0.3, 0.4) is 0 Å². The summed E-state index contributed by atoms with van der Waals surface area (Å²) in [5.41, 5.74) is 7.67. The fourth-order valence-electron chi connectivity index (χ4n) is 1.63. The fourth-order valence-corrected chi connectivity index (χ4v) is 1.80. The van der Waals surface area contributed by atoms with Crippen LogP contribution >= 0.6 is 11.6 Å². The first kappa shape index (κ1) is 9.49. The van der Waals surface area contributed by atoms with E-state index in [2.05, 4.69) is 15.6 Å². The topological polar surface area (TPSA) is 43.8 Å². The van der Waals surface area contributed by atoms with Gasteiger partial charge in [-0.15, -0.1) is 0 Å². The van der Waals surface area contributed by atoms with E-state index in [9.17, 15) is 0 Å². The molecule has 74 valence electrons. The van der Waals surface area contributed by atoms with Crippen LogP contribution in [0.15, 0.2) is 18.3 Å². The predicted octanol–water partition coefficient (Wildman–Crippen LogP) is 1.73. The van der Waals surface area contributed by atoms with Crippen LogP contribution in [0.4, 0.5) is 0 Å². The summed E-state index contributed by atoms with van der Waals surface area (Å²) in [7, 11) is 1.99. The summed E-state index contributed by atoms with van der Waals surface area (Å²) in [6.07, 6.45) is 2.53. The highest BCUT2D eigenvalue weighted by molar-refractivity contribution is 6.31. The Kier molecular flexibility index (Phi) is 2.44. The second-order valence-electron chi connectivity index (χ2n) is 3.30. The zero-order valence-corrected chi connectivity index (χ0v) is 8.75. The van der Waals surface area contributed by atoms with Gasteiger partial charge in [0.2, 0.25) is 0 Å². The number of hydrogen-bond donors (Lipinski definition) is 1. The van der Waals surface area contributed by atoms with Gasteiger partial charge in [-0.25, -0.2) is 4.98 Å². The van der Waals surface area contributed by atoms with E-state index in [1.54, 1.807) is 6.20 Å². The smallest absolute Gasteiger partial charge is 0.139 e. The van der Waals surface area contributed by atoms with Crippen LogP contribution in [0, 0.1) is 0 Å². The molecule has 0 aliphatic carbocycles. The number of aryl methyl sites for hydroxylation is 1. The summed E-state index contributed by atoms with van der Waals surface area (Å²) >= 11 is 5.86. The van der Waals surface area contributed by atoms with Crippen molar-refractivity contribution in [3.63, 3.8) is 0 Å². The summed E-state index contributed by atoms with van der Waals surface area (Å²) in [6.45, 7) is 0.651. The molecular formula is C10H12ClN3. The van der Waals surface area contributed by atoms with E-state index in [1.807, 2.05) is 13.1 Å². The number of pyridine rings is 1. The van der Waals surface area contributed by atoms with Crippen LogP contribution < -0.4 is 5.73 Å². The second kappa shape index (κ2) is 3.59. The summed E-state index contributed by atoms with van der Waals surface area (Å²) < 4.78 is 2.05. The molecule has 4 heteroatoms. The first-order chi connectivity index (χ1) is 6.72. The Labute approximate surface area is 87.5 Å². The lowest BCUT2D eigenvalue weighted by Gasteiger charge is -2.00. The Morgan fingerprint density at radius 1 is 1.50 bits per heavy atom. The fraction of sp³-hybridized carbons (Fsp3) is 0.300. The molecule has 0 aliphatic rings. The zero-order chi connectivity index (χ0) is 10.1.